The van der Waals surface area contributed by atoms with Gasteiger partial charge in [0, 0.05) is 18.2 Å². The first-order chi connectivity index (χ1) is 10.3. The summed E-state index contributed by atoms with van der Waals surface area (Å²) in [5, 5.41) is 0.285. The molecular formula is C17H14ClN3. The van der Waals surface area contributed by atoms with Gasteiger partial charge in [0.2, 0.25) is 5.29 Å². The van der Waals surface area contributed by atoms with Crippen LogP contribution >= 0.6 is 11.6 Å². The van der Waals surface area contributed by atoms with E-state index in [0.29, 0.717) is 6.42 Å². The smallest absolute Gasteiger partial charge is 0.219 e. The lowest BCUT2D eigenvalue weighted by atomic mass is 9.80. The summed E-state index contributed by atoms with van der Waals surface area (Å²) in [5.41, 5.74) is 2.24. The summed E-state index contributed by atoms with van der Waals surface area (Å²) in [6, 6.07) is 7.97. The second-order valence-electron chi connectivity index (χ2n) is 4.75. The summed E-state index contributed by atoms with van der Waals surface area (Å²) in [5.74, 6) is 0. The molecule has 0 saturated carbocycles. The summed E-state index contributed by atoms with van der Waals surface area (Å²) < 4.78 is 0. The largest absolute Gasteiger partial charge is 0.261 e. The minimum Gasteiger partial charge on any atom is -0.261 e. The van der Waals surface area contributed by atoms with Crippen LogP contribution in [0, 0.1) is 0 Å². The molecule has 2 aliphatic rings. The van der Waals surface area contributed by atoms with Crippen LogP contribution in [0.2, 0.25) is 0 Å². The number of benzene rings is 1. The number of amidine groups is 1. The van der Waals surface area contributed by atoms with Gasteiger partial charge in [-0.05, 0) is 23.7 Å². The fourth-order valence-electron chi connectivity index (χ4n) is 2.57. The van der Waals surface area contributed by atoms with Crippen molar-refractivity contribution in [2.45, 2.75) is 12.0 Å². The van der Waals surface area contributed by atoms with Crippen LogP contribution in [-0.2, 0) is 5.54 Å². The van der Waals surface area contributed by atoms with E-state index in [1.54, 1.807) is 6.08 Å². The van der Waals surface area contributed by atoms with E-state index in [4.69, 9.17) is 11.6 Å². The Balaban J connectivity index is 2.06. The third kappa shape index (κ3) is 2.41. The summed E-state index contributed by atoms with van der Waals surface area (Å²) in [6.45, 7) is 3.64. The van der Waals surface area contributed by atoms with Gasteiger partial charge < -0.3 is 0 Å². The Morgan fingerprint density at radius 1 is 1.19 bits per heavy atom. The number of hydrogen-bond donors (Lipinski definition) is 0. The quantitative estimate of drug-likeness (QED) is 0.588. The maximum atomic E-state index is 6.09. The number of allylic oxidation sites excluding steroid dienone is 4. The van der Waals surface area contributed by atoms with E-state index in [1.807, 2.05) is 54.8 Å². The molecule has 0 radical (unpaired) electrons. The van der Waals surface area contributed by atoms with Gasteiger partial charge in [-0.1, -0.05) is 49.1 Å². The summed E-state index contributed by atoms with van der Waals surface area (Å²) >= 11 is 6.09. The highest BCUT2D eigenvalue weighted by Crippen LogP contribution is 2.43. The van der Waals surface area contributed by atoms with Gasteiger partial charge in [-0.15, -0.1) is 0 Å². The Morgan fingerprint density at radius 3 is 2.90 bits per heavy atom. The Bertz CT molecular complexity index is 725. The lowest BCUT2D eigenvalue weighted by Gasteiger charge is -2.29. The van der Waals surface area contributed by atoms with Crippen LogP contribution in [0.25, 0.3) is 0 Å². The summed E-state index contributed by atoms with van der Waals surface area (Å²) in [4.78, 5) is 13.4. The van der Waals surface area contributed by atoms with Crippen LogP contribution in [0.1, 0.15) is 12.0 Å². The minimum absolute atomic E-state index is 0.285. The van der Waals surface area contributed by atoms with Crippen LogP contribution in [0.3, 0.4) is 0 Å². The Morgan fingerprint density at radius 2 is 2.05 bits per heavy atom. The van der Waals surface area contributed by atoms with E-state index < -0.39 is 5.54 Å². The van der Waals surface area contributed by atoms with E-state index in [1.165, 1.54) is 0 Å². The molecule has 3 nitrogen and oxygen atoms in total. The molecule has 0 aromatic heterocycles. The van der Waals surface area contributed by atoms with Crippen LogP contribution in [0.15, 0.2) is 76.2 Å². The molecule has 0 amide bonds. The molecule has 0 N–H and O–H groups in total. The minimum atomic E-state index is -0.548. The Kier molecular flexibility index (Phi) is 3.67. The van der Waals surface area contributed by atoms with E-state index in [9.17, 15) is 0 Å². The van der Waals surface area contributed by atoms with E-state index >= 15 is 0 Å². The predicted molar refractivity (Wildman–Crippen MR) is 90.1 cm³/mol. The molecule has 2 heterocycles. The highest BCUT2D eigenvalue weighted by Gasteiger charge is 2.42. The third-order valence-electron chi connectivity index (χ3n) is 3.50. The summed E-state index contributed by atoms with van der Waals surface area (Å²) in [7, 11) is 0. The van der Waals surface area contributed by atoms with Crippen LogP contribution in [0.4, 0.5) is 5.69 Å². The van der Waals surface area contributed by atoms with Crippen molar-refractivity contribution < 1.29 is 0 Å². The number of aliphatic imine (C=N–C) groups is 3. The molecule has 3 rings (SSSR count). The van der Waals surface area contributed by atoms with Crippen molar-refractivity contribution in [3.63, 3.8) is 0 Å². The van der Waals surface area contributed by atoms with Gasteiger partial charge in [0.15, 0.2) is 0 Å². The molecule has 1 spiro atoms. The maximum Gasteiger partial charge on any atom is 0.219 e. The van der Waals surface area contributed by atoms with E-state index in [-0.39, 0.29) is 5.29 Å². The molecule has 104 valence electrons. The number of fused-ring (bicyclic) bond motifs is 2. The standard InChI is InChI=1S/C17H14ClN3/c1-2-3-4-5-10-15-17(21-16(18)20-15)11-12-19-14-9-7-6-8-13(14)17/h2-10,12H,1,11H2/b4-3-,10-5-/t17-/m0/s1. The molecule has 21 heavy (non-hydrogen) atoms. The molecule has 0 aliphatic carbocycles. The van der Waals surface area contributed by atoms with Crippen molar-refractivity contribution >= 4 is 34.5 Å². The second kappa shape index (κ2) is 5.62. The molecule has 0 saturated heterocycles. The fraction of sp³-hybridized carbons (Fsp3) is 0.118. The van der Waals surface area contributed by atoms with Crippen molar-refractivity contribution in [3.05, 3.63) is 66.8 Å². The van der Waals surface area contributed by atoms with Crippen molar-refractivity contribution in [2.75, 3.05) is 0 Å². The van der Waals surface area contributed by atoms with Crippen LogP contribution in [0.5, 0.6) is 0 Å². The highest BCUT2D eigenvalue weighted by atomic mass is 35.5. The molecule has 1 atom stereocenters. The highest BCUT2D eigenvalue weighted by molar-refractivity contribution is 6.66. The predicted octanol–water partition coefficient (Wildman–Crippen LogP) is 4.34. The second-order valence-corrected chi connectivity index (χ2v) is 5.09. The zero-order valence-electron chi connectivity index (χ0n) is 11.4. The van der Waals surface area contributed by atoms with Crippen molar-refractivity contribution in [2.24, 2.45) is 15.0 Å². The van der Waals surface area contributed by atoms with E-state index in [0.717, 1.165) is 17.0 Å². The normalized spacial score (nSPS) is 23.7. The number of rotatable bonds is 3. The Labute approximate surface area is 128 Å². The first-order valence-corrected chi connectivity index (χ1v) is 7.06. The van der Waals surface area contributed by atoms with Gasteiger partial charge in [-0.3, -0.25) is 4.99 Å². The number of halogens is 1. The van der Waals surface area contributed by atoms with Gasteiger partial charge in [-0.25, -0.2) is 9.98 Å². The van der Waals surface area contributed by atoms with Gasteiger partial charge in [0.05, 0.1) is 11.4 Å². The monoisotopic (exact) mass is 295 g/mol. The van der Waals surface area contributed by atoms with Crippen molar-refractivity contribution in [1.82, 2.24) is 0 Å². The van der Waals surface area contributed by atoms with Crippen LogP contribution < -0.4 is 0 Å². The number of nitrogens with zero attached hydrogens (tertiary/aromatic N) is 3. The first-order valence-electron chi connectivity index (χ1n) is 6.68. The average Bonchev–Trinajstić information content (AvgIpc) is 2.81. The van der Waals surface area contributed by atoms with Gasteiger partial charge in [0.25, 0.3) is 0 Å². The Hall–Kier alpha value is -2.26. The molecule has 2 aliphatic heterocycles. The van der Waals surface area contributed by atoms with Gasteiger partial charge in [0.1, 0.15) is 5.54 Å². The number of hydrogen-bond acceptors (Lipinski definition) is 3. The lowest BCUT2D eigenvalue weighted by Crippen LogP contribution is -2.32. The summed E-state index contributed by atoms with van der Waals surface area (Å²) in [6.07, 6.45) is 11.9. The zero-order chi connectivity index (χ0) is 14.7. The average molecular weight is 296 g/mol. The molecule has 0 unspecified atom stereocenters. The van der Waals surface area contributed by atoms with Crippen molar-refractivity contribution in [3.8, 4) is 0 Å². The molecular weight excluding hydrogens is 282 g/mol. The maximum absolute atomic E-state index is 6.09. The van der Waals surface area contributed by atoms with Gasteiger partial charge in [-0.2, -0.15) is 0 Å². The van der Waals surface area contributed by atoms with Crippen molar-refractivity contribution in [1.29, 1.82) is 0 Å². The molecule has 0 fully saturated rings. The molecule has 1 aromatic carbocycles. The molecule has 1 aromatic rings. The molecule has 4 heteroatoms. The lowest BCUT2D eigenvalue weighted by molar-refractivity contribution is 0.649. The first kappa shape index (κ1) is 13.7. The number of para-hydroxylation sites is 1. The van der Waals surface area contributed by atoms with Crippen LogP contribution in [-0.4, -0.2) is 17.2 Å². The SMILES string of the molecule is C=C/C=C\C=C/C1=NC(Cl)=N[C@]12CC=Nc1ccccc12. The zero-order valence-corrected chi connectivity index (χ0v) is 12.2. The molecule has 0 bridgehead atoms. The fourth-order valence-corrected chi connectivity index (χ4v) is 2.80. The van der Waals surface area contributed by atoms with E-state index in [2.05, 4.69) is 21.6 Å². The third-order valence-corrected chi connectivity index (χ3v) is 3.67. The van der Waals surface area contributed by atoms with Gasteiger partial charge >= 0.3 is 0 Å². The topological polar surface area (TPSA) is 37.1 Å².